The van der Waals surface area contributed by atoms with E-state index in [4.69, 9.17) is 0 Å². The topological polar surface area (TPSA) is 43.4 Å². The van der Waals surface area contributed by atoms with Crippen LogP contribution in [0.5, 0.6) is 0 Å². The zero-order valence-electron chi connectivity index (χ0n) is 10.1. The quantitative estimate of drug-likeness (QED) is 0.418. The van der Waals surface area contributed by atoms with Crippen LogP contribution in [0.2, 0.25) is 0 Å². The predicted molar refractivity (Wildman–Crippen MR) is 68.6 cm³/mol. The Labute approximate surface area is 114 Å². The van der Waals surface area contributed by atoms with Crippen LogP contribution in [-0.4, -0.2) is 11.9 Å². The van der Waals surface area contributed by atoms with Crippen molar-refractivity contribution in [2.45, 2.75) is 0 Å². The third kappa shape index (κ3) is 1.95. The molecule has 20 heavy (non-hydrogen) atoms. The van der Waals surface area contributed by atoms with Gasteiger partial charge in [0.1, 0.15) is 5.56 Å². The molecule has 0 aliphatic carbocycles. The lowest BCUT2D eigenvalue weighted by Crippen LogP contribution is -2.00. The number of benzene rings is 2. The molecule has 0 amide bonds. The Kier molecular flexibility index (Phi) is 2.81. The highest BCUT2D eigenvalue weighted by molar-refractivity contribution is 6.15. The number of carbonyl (C=O) groups is 2. The summed E-state index contributed by atoms with van der Waals surface area (Å²) in [6.07, 6.45) is 0. The van der Waals surface area contributed by atoms with Gasteiger partial charge in [-0.25, -0.2) is 14.0 Å². The molecule has 1 heterocycles. The molecule has 1 aliphatic heterocycles. The van der Waals surface area contributed by atoms with Crippen molar-refractivity contribution in [3.05, 3.63) is 70.5 Å². The molecule has 0 atom stereocenters. The molecular formula is C16H7FO3. The first-order chi connectivity index (χ1) is 9.66. The van der Waals surface area contributed by atoms with Crippen molar-refractivity contribution < 1.29 is 18.7 Å². The van der Waals surface area contributed by atoms with E-state index in [2.05, 4.69) is 16.6 Å². The van der Waals surface area contributed by atoms with E-state index in [1.54, 1.807) is 12.1 Å². The fourth-order valence-electron chi connectivity index (χ4n) is 1.89. The molecule has 0 aromatic heterocycles. The molecule has 0 bridgehead atoms. The van der Waals surface area contributed by atoms with Gasteiger partial charge in [-0.3, -0.25) is 0 Å². The van der Waals surface area contributed by atoms with Crippen molar-refractivity contribution in [1.29, 1.82) is 0 Å². The van der Waals surface area contributed by atoms with Gasteiger partial charge in [0.25, 0.3) is 0 Å². The van der Waals surface area contributed by atoms with Gasteiger partial charge in [0.05, 0.1) is 11.1 Å². The average molecular weight is 266 g/mol. The number of fused-ring (bicyclic) bond motifs is 1. The molecule has 0 N–H and O–H groups in total. The highest BCUT2D eigenvalue weighted by atomic mass is 19.1. The molecule has 2 aromatic carbocycles. The summed E-state index contributed by atoms with van der Waals surface area (Å²) in [6, 6.07) is 11.8. The molecule has 3 rings (SSSR count). The van der Waals surface area contributed by atoms with E-state index in [1.807, 2.05) is 18.2 Å². The van der Waals surface area contributed by atoms with Crippen molar-refractivity contribution in [2.75, 3.05) is 0 Å². The summed E-state index contributed by atoms with van der Waals surface area (Å²) in [5.41, 5.74) is 0.387. The predicted octanol–water partition coefficient (Wildman–Crippen LogP) is 2.54. The Morgan fingerprint density at radius 1 is 0.900 bits per heavy atom. The summed E-state index contributed by atoms with van der Waals surface area (Å²) in [4.78, 5) is 22.7. The highest BCUT2D eigenvalue weighted by Crippen LogP contribution is 2.24. The van der Waals surface area contributed by atoms with E-state index in [9.17, 15) is 14.0 Å². The Bertz CT molecular complexity index is 783. The first-order valence-corrected chi connectivity index (χ1v) is 5.83. The van der Waals surface area contributed by atoms with E-state index in [0.29, 0.717) is 0 Å². The van der Waals surface area contributed by atoms with Crippen molar-refractivity contribution in [3.8, 4) is 11.8 Å². The zero-order chi connectivity index (χ0) is 14.1. The van der Waals surface area contributed by atoms with E-state index >= 15 is 0 Å². The lowest BCUT2D eigenvalue weighted by molar-refractivity contribution is 0.0442. The Morgan fingerprint density at radius 2 is 1.65 bits per heavy atom. The van der Waals surface area contributed by atoms with Crippen molar-refractivity contribution in [1.82, 2.24) is 0 Å². The van der Waals surface area contributed by atoms with Crippen LogP contribution in [0, 0.1) is 17.7 Å². The zero-order valence-corrected chi connectivity index (χ0v) is 10.1. The van der Waals surface area contributed by atoms with Crippen molar-refractivity contribution >= 4 is 11.9 Å². The summed E-state index contributed by atoms with van der Waals surface area (Å²) in [6.45, 7) is 0. The van der Waals surface area contributed by atoms with Crippen LogP contribution in [0.4, 0.5) is 4.39 Å². The second kappa shape index (κ2) is 4.63. The normalized spacial score (nSPS) is 12.4. The minimum atomic E-state index is -0.967. The van der Waals surface area contributed by atoms with Gasteiger partial charge in [-0.05, 0) is 24.3 Å². The van der Waals surface area contributed by atoms with E-state index in [-0.39, 0.29) is 16.7 Å². The van der Waals surface area contributed by atoms with Crippen LogP contribution in [0.1, 0.15) is 31.8 Å². The molecule has 1 aliphatic rings. The molecular weight excluding hydrogens is 259 g/mol. The number of hydrogen-bond donors (Lipinski definition) is 0. The van der Waals surface area contributed by atoms with Gasteiger partial charge in [0, 0.05) is 5.56 Å². The molecule has 2 aromatic rings. The maximum Gasteiger partial charge on any atom is 0.349 e. The number of esters is 2. The first kappa shape index (κ1) is 12.1. The largest absolute Gasteiger partial charge is 0.386 e. The SMILES string of the molecule is O=C1OC(=O)c2c1ccc(C#Cc1ccccc1)c2F. The van der Waals surface area contributed by atoms with Gasteiger partial charge < -0.3 is 4.74 Å². The molecule has 0 spiro atoms. The molecule has 0 saturated heterocycles. The average Bonchev–Trinajstić information content (AvgIpc) is 2.75. The number of hydrogen-bond acceptors (Lipinski definition) is 3. The summed E-state index contributed by atoms with van der Waals surface area (Å²) >= 11 is 0. The molecule has 3 nitrogen and oxygen atoms in total. The highest BCUT2D eigenvalue weighted by Gasteiger charge is 2.33. The third-order valence-electron chi connectivity index (χ3n) is 2.87. The van der Waals surface area contributed by atoms with Gasteiger partial charge in [-0.15, -0.1) is 0 Å². The Balaban J connectivity index is 2.06. The Hall–Kier alpha value is -2.93. The van der Waals surface area contributed by atoms with E-state index in [1.165, 1.54) is 12.1 Å². The van der Waals surface area contributed by atoms with Crippen LogP contribution < -0.4 is 0 Å². The number of halogens is 1. The van der Waals surface area contributed by atoms with Crippen LogP contribution in [0.15, 0.2) is 42.5 Å². The molecule has 4 heteroatoms. The number of cyclic esters (lactones) is 2. The third-order valence-corrected chi connectivity index (χ3v) is 2.87. The number of rotatable bonds is 0. The summed E-state index contributed by atoms with van der Waals surface area (Å²) in [7, 11) is 0. The maximum absolute atomic E-state index is 14.1. The van der Waals surface area contributed by atoms with Crippen LogP contribution in [0.3, 0.4) is 0 Å². The van der Waals surface area contributed by atoms with Gasteiger partial charge in [-0.1, -0.05) is 30.0 Å². The molecule has 0 fully saturated rings. The number of carbonyl (C=O) groups excluding carboxylic acids is 2. The standard InChI is InChI=1S/C16H7FO3/c17-14-11(7-6-10-4-2-1-3-5-10)8-9-12-13(14)16(19)20-15(12)18/h1-5,8-9H. The molecule has 0 unspecified atom stereocenters. The van der Waals surface area contributed by atoms with Crippen LogP contribution >= 0.6 is 0 Å². The second-order valence-electron chi connectivity index (χ2n) is 4.14. The smallest absolute Gasteiger partial charge is 0.349 e. The monoisotopic (exact) mass is 266 g/mol. The maximum atomic E-state index is 14.1. The van der Waals surface area contributed by atoms with Crippen LogP contribution in [0.25, 0.3) is 0 Å². The minimum Gasteiger partial charge on any atom is -0.386 e. The van der Waals surface area contributed by atoms with Crippen molar-refractivity contribution in [3.63, 3.8) is 0 Å². The lowest BCUT2D eigenvalue weighted by Gasteiger charge is -1.98. The first-order valence-electron chi connectivity index (χ1n) is 5.83. The van der Waals surface area contributed by atoms with E-state index < -0.39 is 17.8 Å². The summed E-state index contributed by atoms with van der Waals surface area (Å²) in [5.74, 6) is 2.83. The van der Waals surface area contributed by atoms with E-state index in [0.717, 1.165) is 5.56 Å². The molecule has 0 saturated carbocycles. The van der Waals surface area contributed by atoms with Crippen LogP contribution in [-0.2, 0) is 4.74 Å². The van der Waals surface area contributed by atoms with Crippen molar-refractivity contribution in [2.24, 2.45) is 0 Å². The molecule has 96 valence electrons. The second-order valence-corrected chi connectivity index (χ2v) is 4.14. The van der Waals surface area contributed by atoms with Gasteiger partial charge in [-0.2, -0.15) is 0 Å². The van der Waals surface area contributed by atoms with Gasteiger partial charge >= 0.3 is 11.9 Å². The molecule has 0 radical (unpaired) electrons. The summed E-state index contributed by atoms with van der Waals surface area (Å²) < 4.78 is 18.5. The fraction of sp³-hybridized carbons (Fsp3) is 0. The van der Waals surface area contributed by atoms with Gasteiger partial charge in [0.15, 0.2) is 5.82 Å². The fourth-order valence-corrected chi connectivity index (χ4v) is 1.89. The minimum absolute atomic E-state index is 0.0549. The Morgan fingerprint density at radius 3 is 2.40 bits per heavy atom. The van der Waals surface area contributed by atoms with Gasteiger partial charge in [0.2, 0.25) is 0 Å². The number of ether oxygens (including phenoxy) is 1. The lowest BCUT2D eigenvalue weighted by atomic mass is 10.0. The summed E-state index contributed by atoms with van der Waals surface area (Å²) in [5, 5.41) is 0.